The highest BCUT2D eigenvalue weighted by atomic mass is 16.4. The quantitative estimate of drug-likeness (QED) is 0.887. The van der Waals surface area contributed by atoms with E-state index in [0.717, 1.165) is 25.7 Å². The molecule has 1 aliphatic rings. The molecule has 0 saturated heterocycles. The summed E-state index contributed by atoms with van der Waals surface area (Å²) in [5, 5.41) is 16.0. The van der Waals surface area contributed by atoms with Crippen LogP contribution in [-0.2, 0) is 16.6 Å². The Balaban J connectivity index is 2.13. The van der Waals surface area contributed by atoms with Gasteiger partial charge < -0.3 is 10.4 Å². The Morgan fingerprint density at radius 2 is 2.19 bits per heavy atom. The van der Waals surface area contributed by atoms with Gasteiger partial charge in [0, 0.05) is 24.7 Å². The molecule has 1 aliphatic carbocycles. The molecule has 0 aromatic carbocycles. The third-order valence-electron chi connectivity index (χ3n) is 4.42. The number of aliphatic carboxylic acids is 1. The first-order chi connectivity index (χ1) is 9.81. The van der Waals surface area contributed by atoms with E-state index in [1.54, 1.807) is 13.2 Å². The number of nitrogens with one attached hydrogen (secondary N) is 1. The number of hydrogen-bond acceptors (Lipinski definition) is 3. The molecule has 6 nitrogen and oxygen atoms in total. The van der Waals surface area contributed by atoms with E-state index in [0.29, 0.717) is 5.56 Å². The van der Waals surface area contributed by atoms with Crippen LogP contribution < -0.4 is 5.32 Å². The van der Waals surface area contributed by atoms with Crippen molar-refractivity contribution in [2.75, 3.05) is 0 Å². The lowest BCUT2D eigenvalue weighted by Crippen LogP contribution is -2.44. The molecule has 1 aromatic rings. The zero-order valence-electron chi connectivity index (χ0n) is 12.8. The van der Waals surface area contributed by atoms with Crippen molar-refractivity contribution in [3.8, 4) is 0 Å². The van der Waals surface area contributed by atoms with Gasteiger partial charge in [-0.05, 0) is 18.3 Å². The molecule has 1 fully saturated rings. The lowest BCUT2D eigenvalue weighted by atomic mass is 9.68. The molecule has 116 valence electrons. The van der Waals surface area contributed by atoms with Gasteiger partial charge >= 0.3 is 5.97 Å². The number of aromatic nitrogens is 2. The predicted molar refractivity (Wildman–Crippen MR) is 77.5 cm³/mol. The summed E-state index contributed by atoms with van der Waals surface area (Å²) in [6, 6.07) is -1.04. The molecule has 2 rings (SSSR count). The van der Waals surface area contributed by atoms with E-state index in [4.69, 9.17) is 0 Å². The van der Waals surface area contributed by atoms with Gasteiger partial charge in [0.15, 0.2) is 6.04 Å². The summed E-state index contributed by atoms with van der Waals surface area (Å²) >= 11 is 0. The standard InChI is InChI=1S/C15H23N3O3/c1-15(2)7-5-4-6-11(15)13(19)17-12(14(20)21)10-8-16-18(3)9-10/h8-9,11-12H,4-7H2,1-3H3,(H,17,19)(H,20,21). The molecule has 1 aromatic heterocycles. The Kier molecular flexibility index (Phi) is 4.34. The van der Waals surface area contributed by atoms with Crippen molar-refractivity contribution < 1.29 is 14.7 Å². The normalized spacial score (nSPS) is 22.5. The van der Waals surface area contributed by atoms with Crippen LogP contribution in [0.5, 0.6) is 0 Å². The molecule has 2 unspecified atom stereocenters. The summed E-state index contributed by atoms with van der Waals surface area (Å²) in [5.74, 6) is -1.37. The smallest absolute Gasteiger partial charge is 0.331 e. The van der Waals surface area contributed by atoms with Gasteiger partial charge in [0.1, 0.15) is 0 Å². The topological polar surface area (TPSA) is 84.2 Å². The summed E-state index contributed by atoms with van der Waals surface area (Å²) in [6.07, 6.45) is 7.05. The molecule has 0 radical (unpaired) electrons. The van der Waals surface area contributed by atoms with Crippen molar-refractivity contribution in [2.24, 2.45) is 18.4 Å². The number of aryl methyl sites for hydroxylation is 1. The maximum atomic E-state index is 12.5. The number of carbonyl (C=O) groups excluding carboxylic acids is 1. The van der Waals surface area contributed by atoms with Crippen LogP contribution in [0.15, 0.2) is 12.4 Å². The largest absolute Gasteiger partial charge is 0.479 e. The Labute approximate surface area is 124 Å². The maximum absolute atomic E-state index is 12.5. The molecule has 1 amide bonds. The Morgan fingerprint density at radius 1 is 1.48 bits per heavy atom. The number of hydrogen-bond donors (Lipinski definition) is 2. The van der Waals surface area contributed by atoms with Gasteiger partial charge in [-0.2, -0.15) is 5.10 Å². The van der Waals surface area contributed by atoms with E-state index in [1.807, 2.05) is 0 Å². The van der Waals surface area contributed by atoms with Crippen molar-refractivity contribution in [1.29, 1.82) is 0 Å². The molecule has 21 heavy (non-hydrogen) atoms. The number of rotatable bonds is 4. The van der Waals surface area contributed by atoms with Crippen LogP contribution in [0.1, 0.15) is 51.1 Å². The van der Waals surface area contributed by atoms with Crippen molar-refractivity contribution >= 4 is 11.9 Å². The first kappa shape index (κ1) is 15.5. The first-order valence-corrected chi connectivity index (χ1v) is 7.33. The number of nitrogens with zero attached hydrogens (tertiary/aromatic N) is 2. The average molecular weight is 293 g/mol. The Hall–Kier alpha value is -1.85. The van der Waals surface area contributed by atoms with Gasteiger partial charge in [0.05, 0.1) is 6.20 Å². The second kappa shape index (κ2) is 5.87. The summed E-state index contributed by atoms with van der Waals surface area (Å²) in [4.78, 5) is 23.9. The molecule has 0 bridgehead atoms. The molecular formula is C15H23N3O3. The van der Waals surface area contributed by atoms with E-state index < -0.39 is 12.0 Å². The van der Waals surface area contributed by atoms with Crippen LogP contribution in [-0.4, -0.2) is 26.8 Å². The number of carboxylic acid groups (broad SMARTS) is 1. The SMILES string of the molecule is Cn1cc(C(NC(=O)C2CCCCC2(C)C)C(=O)O)cn1. The van der Waals surface area contributed by atoms with E-state index in [1.165, 1.54) is 10.9 Å². The highest BCUT2D eigenvalue weighted by Gasteiger charge is 2.38. The fourth-order valence-corrected chi connectivity index (χ4v) is 3.10. The summed E-state index contributed by atoms with van der Waals surface area (Å²) in [7, 11) is 1.72. The lowest BCUT2D eigenvalue weighted by Gasteiger charge is -2.37. The van der Waals surface area contributed by atoms with Gasteiger partial charge in [0.25, 0.3) is 0 Å². The van der Waals surface area contributed by atoms with Crippen LogP contribution in [0.25, 0.3) is 0 Å². The van der Waals surface area contributed by atoms with Crippen LogP contribution in [0.3, 0.4) is 0 Å². The summed E-state index contributed by atoms with van der Waals surface area (Å²) in [5.41, 5.74) is 0.410. The minimum absolute atomic E-state index is 0.0830. The number of amides is 1. The molecule has 1 heterocycles. The van der Waals surface area contributed by atoms with Gasteiger partial charge in [-0.3, -0.25) is 9.48 Å². The van der Waals surface area contributed by atoms with Crippen molar-refractivity contribution in [1.82, 2.24) is 15.1 Å². The molecule has 2 atom stereocenters. The fraction of sp³-hybridized carbons (Fsp3) is 0.667. The minimum Gasteiger partial charge on any atom is -0.479 e. The van der Waals surface area contributed by atoms with E-state index in [2.05, 4.69) is 24.3 Å². The zero-order valence-corrected chi connectivity index (χ0v) is 12.8. The van der Waals surface area contributed by atoms with Crippen molar-refractivity contribution in [3.05, 3.63) is 18.0 Å². The third-order valence-corrected chi connectivity index (χ3v) is 4.42. The lowest BCUT2D eigenvalue weighted by molar-refractivity contribution is -0.144. The highest BCUT2D eigenvalue weighted by Crippen LogP contribution is 2.40. The Bertz CT molecular complexity index is 536. The van der Waals surface area contributed by atoms with Crippen LogP contribution in [0.2, 0.25) is 0 Å². The van der Waals surface area contributed by atoms with Crippen molar-refractivity contribution in [3.63, 3.8) is 0 Å². The molecule has 2 N–H and O–H groups in total. The molecular weight excluding hydrogens is 270 g/mol. The van der Waals surface area contributed by atoms with Gasteiger partial charge in [-0.15, -0.1) is 0 Å². The minimum atomic E-state index is -1.06. The molecule has 0 spiro atoms. The number of carboxylic acids is 1. The maximum Gasteiger partial charge on any atom is 0.331 e. The van der Waals surface area contributed by atoms with E-state index in [9.17, 15) is 14.7 Å². The van der Waals surface area contributed by atoms with Crippen LogP contribution in [0, 0.1) is 11.3 Å². The van der Waals surface area contributed by atoms with E-state index >= 15 is 0 Å². The third kappa shape index (κ3) is 3.43. The van der Waals surface area contributed by atoms with Crippen LogP contribution >= 0.6 is 0 Å². The summed E-state index contributed by atoms with van der Waals surface area (Å²) < 4.78 is 1.53. The first-order valence-electron chi connectivity index (χ1n) is 7.33. The van der Waals surface area contributed by atoms with Gasteiger partial charge in [0.2, 0.25) is 5.91 Å². The highest BCUT2D eigenvalue weighted by molar-refractivity contribution is 5.86. The van der Waals surface area contributed by atoms with Crippen molar-refractivity contribution in [2.45, 2.75) is 45.6 Å². The second-order valence-electron chi connectivity index (χ2n) is 6.51. The van der Waals surface area contributed by atoms with Gasteiger partial charge in [-0.1, -0.05) is 26.7 Å². The molecule has 1 saturated carbocycles. The van der Waals surface area contributed by atoms with E-state index in [-0.39, 0.29) is 17.2 Å². The molecule has 0 aliphatic heterocycles. The second-order valence-corrected chi connectivity index (χ2v) is 6.51. The molecule has 6 heteroatoms. The van der Waals surface area contributed by atoms with Crippen LogP contribution in [0.4, 0.5) is 0 Å². The number of carbonyl (C=O) groups is 2. The zero-order chi connectivity index (χ0) is 15.6. The average Bonchev–Trinajstić information content (AvgIpc) is 2.81. The fourth-order valence-electron chi connectivity index (χ4n) is 3.10. The Morgan fingerprint density at radius 3 is 2.71 bits per heavy atom. The summed E-state index contributed by atoms with van der Waals surface area (Å²) in [6.45, 7) is 4.16. The monoisotopic (exact) mass is 293 g/mol. The van der Waals surface area contributed by atoms with Gasteiger partial charge in [-0.25, -0.2) is 4.79 Å². The predicted octanol–water partition coefficient (Wildman–Crippen LogP) is 1.88.